The molecule has 2 aliphatic carbocycles. The third-order valence-corrected chi connectivity index (χ3v) is 6.06. The minimum Gasteiger partial charge on any atom is -0.493 e. The van der Waals surface area contributed by atoms with E-state index in [1.807, 2.05) is 39.0 Å². The lowest BCUT2D eigenvalue weighted by Gasteiger charge is -2.34. The lowest BCUT2D eigenvalue weighted by Crippen LogP contribution is -2.29. The van der Waals surface area contributed by atoms with Gasteiger partial charge in [-0.25, -0.2) is 0 Å². The summed E-state index contributed by atoms with van der Waals surface area (Å²) in [5, 5.41) is 19.7. The molecule has 0 aliphatic heterocycles. The third kappa shape index (κ3) is 4.90. The van der Waals surface area contributed by atoms with E-state index in [2.05, 4.69) is 12.1 Å². The average molecular weight is 409 g/mol. The van der Waals surface area contributed by atoms with E-state index in [0.717, 1.165) is 29.7 Å². The molecule has 0 saturated heterocycles. The van der Waals surface area contributed by atoms with Gasteiger partial charge in [0.1, 0.15) is 11.7 Å². The van der Waals surface area contributed by atoms with Gasteiger partial charge in [-0.3, -0.25) is 0 Å². The van der Waals surface area contributed by atoms with Gasteiger partial charge in [0.25, 0.3) is 0 Å². The Labute approximate surface area is 180 Å². The van der Waals surface area contributed by atoms with Crippen molar-refractivity contribution in [3.63, 3.8) is 0 Å². The van der Waals surface area contributed by atoms with Crippen LogP contribution in [0.2, 0.25) is 0 Å². The largest absolute Gasteiger partial charge is 0.493 e. The minimum atomic E-state index is -0.591. The molecule has 5 nitrogen and oxygen atoms in total. The summed E-state index contributed by atoms with van der Waals surface area (Å²) in [4.78, 5) is 0. The van der Waals surface area contributed by atoms with E-state index in [4.69, 9.17) is 14.2 Å². The second-order valence-corrected chi connectivity index (χ2v) is 9.34. The summed E-state index contributed by atoms with van der Waals surface area (Å²) in [6.45, 7) is 5.82. The fraction of sp³-hybridized carbons (Fsp3) is 0.600. The Balaban J connectivity index is 1.84. The molecule has 0 aromatic heterocycles. The van der Waals surface area contributed by atoms with Crippen LogP contribution in [0.5, 0.6) is 11.5 Å². The molecule has 3 rings (SSSR count). The number of allylic oxidation sites excluding steroid dienone is 2. The van der Waals surface area contributed by atoms with Crippen LogP contribution in [-0.4, -0.2) is 18.8 Å². The highest BCUT2D eigenvalue weighted by molar-refractivity contribution is 5.48. The lowest BCUT2D eigenvalue weighted by molar-refractivity contribution is 0.0581. The fourth-order valence-corrected chi connectivity index (χ4v) is 4.40. The van der Waals surface area contributed by atoms with E-state index in [-0.39, 0.29) is 6.10 Å². The zero-order valence-electron chi connectivity index (χ0n) is 18.6. The van der Waals surface area contributed by atoms with E-state index in [1.54, 1.807) is 7.11 Å². The van der Waals surface area contributed by atoms with Crippen molar-refractivity contribution < 1.29 is 14.2 Å². The van der Waals surface area contributed by atoms with Gasteiger partial charge in [-0.15, -0.1) is 0 Å². The number of ether oxygens (including phenoxy) is 3. The maximum absolute atomic E-state index is 10.1. The molecule has 2 aliphatic rings. The Morgan fingerprint density at radius 3 is 2.27 bits per heavy atom. The van der Waals surface area contributed by atoms with E-state index in [9.17, 15) is 10.5 Å². The average Bonchev–Trinajstić information content (AvgIpc) is 3.24. The van der Waals surface area contributed by atoms with Crippen LogP contribution in [0.4, 0.5) is 0 Å². The van der Waals surface area contributed by atoms with Crippen LogP contribution in [0.3, 0.4) is 0 Å². The lowest BCUT2D eigenvalue weighted by atomic mass is 9.69. The highest BCUT2D eigenvalue weighted by atomic mass is 16.5. The molecule has 30 heavy (non-hydrogen) atoms. The molecule has 0 amide bonds. The number of nitrogens with zero attached hydrogens (tertiary/aromatic N) is 2. The Hall–Kier alpha value is -2.66. The first-order valence-electron chi connectivity index (χ1n) is 10.9. The van der Waals surface area contributed by atoms with Crippen LogP contribution in [0.15, 0.2) is 29.5 Å². The molecule has 2 fully saturated rings. The molecule has 0 spiro atoms. The summed E-state index contributed by atoms with van der Waals surface area (Å²) in [5.74, 6) is 1.85. The summed E-state index contributed by atoms with van der Waals surface area (Å²) in [6, 6.07) is 10.7. The molecule has 0 atom stereocenters. The van der Waals surface area contributed by atoms with Crippen LogP contribution in [0.1, 0.15) is 77.7 Å². The number of hydrogen-bond donors (Lipinski definition) is 0. The van der Waals surface area contributed by atoms with Crippen molar-refractivity contribution in [1.29, 1.82) is 10.5 Å². The smallest absolute Gasteiger partial charge is 0.196 e. The molecule has 0 bridgehead atoms. The zero-order chi connectivity index (χ0) is 21.8. The molecule has 0 radical (unpaired) electrons. The third-order valence-electron chi connectivity index (χ3n) is 6.06. The number of rotatable bonds is 5. The van der Waals surface area contributed by atoms with Gasteiger partial charge in [0.05, 0.1) is 24.7 Å². The van der Waals surface area contributed by atoms with Gasteiger partial charge in [0.2, 0.25) is 0 Å². The van der Waals surface area contributed by atoms with Crippen LogP contribution in [0.25, 0.3) is 0 Å². The molecule has 1 aromatic carbocycles. The van der Waals surface area contributed by atoms with Gasteiger partial charge in [0.15, 0.2) is 17.3 Å². The number of nitriles is 2. The molecule has 0 heterocycles. The Bertz CT molecular complexity index is 867. The molecule has 1 aromatic rings. The Morgan fingerprint density at radius 2 is 1.73 bits per heavy atom. The van der Waals surface area contributed by atoms with Crippen molar-refractivity contribution in [2.75, 3.05) is 7.11 Å². The first kappa shape index (κ1) is 22.0. The molecule has 5 heteroatoms. The topological polar surface area (TPSA) is 75.3 Å². The van der Waals surface area contributed by atoms with Gasteiger partial charge >= 0.3 is 0 Å². The second-order valence-electron chi connectivity index (χ2n) is 9.34. The predicted molar refractivity (Wildman–Crippen MR) is 115 cm³/mol. The van der Waals surface area contributed by atoms with E-state index in [0.29, 0.717) is 37.2 Å². The standard InChI is InChI=1S/C25H32N2O3/c1-24(2,3)30-23(16-26)18-11-13-25(17-27,14-12-18)19-9-10-21(28-4)22(15-19)29-20-7-5-6-8-20/h9-10,15,20H,5-8,11-14H2,1-4H3. The monoisotopic (exact) mass is 408 g/mol. The quantitative estimate of drug-likeness (QED) is 0.445. The second kappa shape index (κ2) is 9.00. The van der Waals surface area contributed by atoms with Crippen molar-refractivity contribution in [2.24, 2.45) is 0 Å². The van der Waals surface area contributed by atoms with Crippen LogP contribution in [-0.2, 0) is 10.2 Å². The Kier molecular flexibility index (Phi) is 6.61. The molecular formula is C25H32N2O3. The zero-order valence-corrected chi connectivity index (χ0v) is 18.6. The van der Waals surface area contributed by atoms with Gasteiger partial charge in [-0.2, -0.15) is 10.5 Å². The van der Waals surface area contributed by atoms with Gasteiger partial charge in [-0.1, -0.05) is 6.07 Å². The molecule has 0 N–H and O–H groups in total. The van der Waals surface area contributed by atoms with Crippen molar-refractivity contribution in [3.8, 4) is 23.6 Å². The van der Waals surface area contributed by atoms with E-state index < -0.39 is 11.0 Å². The normalized spacial score (nSPS) is 22.1. The molecule has 160 valence electrons. The molecular weight excluding hydrogens is 376 g/mol. The minimum absolute atomic E-state index is 0.223. The van der Waals surface area contributed by atoms with Crippen molar-refractivity contribution in [1.82, 2.24) is 0 Å². The Morgan fingerprint density at radius 1 is 1.07 bits per heavy atom. The first-order valence-corrected chi connectivity index (χ1v) is 10.9. The van der Waals surface area contributed by atoms with Crippen molar-refractivity contribution >= 4 is 0 Å². The number of benzene rings is 1. The van der Waals surface area contributed by atoms with Gasteiger partial charge < -0.3 is 14.2 Å². The summed E-state index contributed by atoms with van der Waals surface area (Å²) in [7, 11) is 1.65. The van der Waals surface area contributed by atoms with Crippen molar-refractivity contribution in [2.45, 2.75) is 89.3 Å². The van der Waals surface area contributed by atoms with E-state index >= 15 is 0 Å². The molecule has 0 unspecified atom stereocenters. The number of hydrogen-bond acceptors (Lipinski definition) is 5. The fourth-order valence-electron chi connectivity index (χ4n) is 4.40. The SMILES string of the molecule is COc1ccc(C2(C#N)CCC(=C(C#N)OC(C)(C)C)CC2)cc1OC1CCCC1. The maximum Gasteiger partial charge on any atom is 0.196 e. The summed E-state index contributed by atoms with van der Waals surface area (Å²) < 4.78 is 17.6. The van der Waals surface area contributed by atoms with Crippen LogP contribution >= 0.6 is 0 Å². The van der Waals surface area contributed by atoms with Crippen LogP contribution in [0, 0.1) is 22.7 Å². The highest BCUT2D eigenvalue weighted by Crippen LogP contribution is 2.45. The summed E-state index contributed by atoms with van der Waals surface area (Å²) in [5.41, 5.74) is 0.971. The van der Waals surface area contributed by atoms with Gasteiger partial charge in [0, 0.05) is 0 Å². The summed E-state index contributed by atoms with van der Waals surface area (Å²) >= 11 is 0. The van der Waals surface area contributed by atoms with E-state index in [1.165, 1.54) is 12.8 Å². The van der Waals surface area contributed by atoms with Gasteiger partial charge in [-0.05, 0) is 95.4 Å². The number of methoxy groups -OCH3 is 1. The molecule has 2 saturated carbocycles. The van der Waals surface area contributed by atoms with Crippen molar-refractivity contribution in [3.05, 3.63) is 35.1 Å². The maximum atomic E-state index is 10.1. The first-order chi connectivity index (χ1) is 14.3. The predicted octanol–water partition coefficient (Wildman–Crippen LogP) is 5.94. The highest BCUT2D eigenvalue weighted by Gasteiger charge is 2.37. The van der Waals surface area contributed by atoms with Crippen LogP contribution < -0.4 is 9.47 Å². The summed E-state index contributed by atoms with van der Waals surface area (Å²) in [6.07, 6.45) is 7.42.